The van der Waals surface area contributed by atoms with Crippen LogP contribution in [0.15, 0.2) is 48.7 Å². The fraction of sp³-hybridized carbons (Fsp3) is 0.333. The van der Waals surface area contributed by atoms with Gasteiger partial charge in [-0.3, -0.25) is 9.88 Å². The maximum Gasteiger partial charge on any atom is 0.326 e. The molecule has 0 radical (unpaired) electrons. The summed E-state index contributed by atoms with van der Waals surface area (Å²) >= 11 is 6.50. The summed E-state index contributed by atoms with van der Waals surface area (Å²) in [7, 11) is 0. The molecule has 3 aromatic rings. The number of hydrogen-bond acceptors (Lipinski definition) is 3. The van der Waals surface area contributed by atoms with Crippen molar-refractivity contribution in [1.82, 2.24) is 4.98 Å². The van der Waals surface area contributed by atoms with E-state index >= 15 is 0 Å². The number of benzene rings is 2. The molecule has 3 rings (SSSR count). The van der Waals surface area contributed by atoms with Crippen LogP contribution in [0.1, 0.15) is 61.7 Å². The lowest BCUT2D eigenvalue weighted by atomic mass is 10.0. The van der Waals surface area contributed by atoms with Crippen LogP contribution in [0, 0.1) is 6.92 Å². The quantitative estimate of drug-likeness (QED) is 0.366. The summed E-state index contributed by atoms with van der Waals surface area (Å²) in [6.45, 7) is 10.1. The number of aromatic nitrogens is 1. The predicted molar refractivity (Wildman–Crippen MR) is 139 cm³/mol. The molecular formula is C27H33ClN4O. The van der Waals surface area contributed by atoms with Gasteiger partial charge >= 0.3 is 6.03 Å². The van der Waals surface area contributed by atoms with Gasteiger partial charge in [-0.1, -0.05) is 50.6 Å². The molecule has 2 amide bonds. The van der Waals surface area contributed by atoms with Crippen molar-refractivity contribution in [3.05, 3.63) is 81.6 Å². The molecule has 0 saturated carbocycles. The van der Waals surface area contributed by atoms with Gasteiger partial charge in [0.2, 0.25) is 0 Å². The summed E-state index contributed by atoms with van der Waals surface area (Å²) < 4.78 is 0. The first-order valence-electron chi connectivity index (χ1n) is 11.5. The molecule has 0 aliphatic rings. The Kier molecular flexibility index (Phi) is 7.98. The summed E-state index contributed by atoms with van der Waals surface area (Å²) in [6.07, 6.45) is 4.14. The van der Waals surface area contributed by atoms with E-state index in [1.807, 2.05) is 58.2 Å². The normalized spacial score (nSPS) is 11.8. The zero-order valence-corrected chi connectivity index (χ0v) is 20.8. The van der Waals surface area contributed by atoms with Gasteiger partial charge in [-0.15, -0.1) is 0 Å². The van der Waals surface area contributed by atoms with E-state index in [0.717, 1.165) is 34.5 Å². The molecule has 0 aliphatic carbocycles. The first-order valence-corrected chi connectivity index (χ1v) is 11.9. The van der Waals surface area contributed by atoms with E-state index in [1.165, 1.54) is 5.56 Å². The maximum absolute atomic E-state index is 13.8. The van der Waals surface area contributed by atoms with Crippen LogP contribution in [0.4, 0.5) is 21.9 Å². The van der Waals surface area contributed by atoms with E-state index in [0.29, 0.717) is 29.2 Å². The summed E-state index contributed by atoms with van der Waals surface area (Å²) in [5.41, 5.74) is 13.3. The molecule has 0 aliphatic heterocycles. The van der Waals surface area contributed by atoms with Crippen LogP contribution >= 0.6 is 11.6 Å². The Balaban J connectivity index is 2.07. The predicted octanol–water partition coefficient (Wildman–Crippen LogP) is 7.11. The molecule has 0 saturated heterocycles. The van der Waals surface area contributed by atoms with Crippen molar-refractivity contribution < 1.29 is 4.79 Å². The number of rotatable bonds is 7. The van der Waals surface area contributed by atoms with E-state index in [4.69, 9.17) is 17.3 Å². The van der Waals surface area contributed by atoms with Gasteiger partial charge < -0.3 is 11.1 Å². The summed E-state index contributed by atoms with van der Waals surface area (Å²) in [5.74, 6) is 0. The lowest BCUT2D eigenvalue weighted by Crippen LogP contribution is -2.37. The van der Waals surface area contributed by atoms with Crippen molar-refractivity contribution in [2.75, 3.05) is 16.0 Å². The van der Waals surface area contributed by atoms with Crippen molar-refractivity contribution in [2.45, 2.75) is 59.9 Å². The van der Waals surface area contributed by atoms with Crippen LogP contribution < -0.4 is 16.0 Å². The molecule has 33 heavy (non-hydrogen) atoms. The summed E-state index contributed by atoms with van der Waals surface area (Å²) in [4.78, 5) is 20.0. The second-order valence-electron chi connectivity index (χ2n) is 8.22. The molecule has 1 heterocycles. The summed E-state index contributed by atoms with van der Waals surface area (Å²) in [6, 6.07) is 13.4. The van der Waals surface area contributed by atoms with Gasteiger partial charge in [-0.25, -0.2) is 4.79 Å². The van der Waals surface area contributed by atoms with E-state index < -0.39 is 0 Å². The Labute approximate surface area is 202 Å². The third kappa shape index (κ3) is 5.31. The minimum Gasteiger partial charge on any atom is -0.398 e. The summed E-state index contributed by atoms with van der Waals surface area (Å²) in [5, 5.41) is 3.72. The standard InChI is InChI=1S/C27H33ClN4O/c1-6-19-10-13-21(14-11-19)32(18(5)20-12-9-17(4)30-16-20)27(33)31-26-22(7-2)24(28)15-25(29)23(26)8-3/h9-16,18H,6-8,29H2,1-5H3,(H,31,33). The molecule has 1 atom stereocenters. The number of anilines is 3. The minimum atomic E-state index is -0.239. The monoisotopic (exact) mass is 464 g/mol. The van der Waals surface area contributed by atoms with E-state index in [-0.39, 0.29) is 12.1 Å². The zero-order chi connectivity index (χ0) is 24.1. The fourth-order valence-corrected chi connectivity index (χ4v) is 4.43. The van der Waals surface area contributed by atoms with Crippen molar-refractivity contribution in [3.8, 4) is 0 Å². The molecular weight excluding hydrogens is 432 g/mol. The van der Waals surface area contributed by atoms with E-state index in [1.54, 1.807) is 11.0 Å². The van der Waals surface area contributed by atoms with Crippen LogP contribution in [0.3, 0.4) is 0 Å². The topological polar surface area (TPSA) is 71.2 Å². The smallest absolute Gasteiger partial charge is 0.326 e. The molecule has 6 heteroatoms. The van der Waals surface area contributed by atoms with Gasteiger partial charge in [0.25, 0.3) is 0 Å². The Bertz CT molecular complexity index is 1080. The first-order chi connectivity index (χ1) is 15.8. The van der Waals surface area contributed by atoms with Crippen LogP contribution in [-0.2, 0) is 19.3 Å². The minimum absolute atomic E-state index is 0.238. The molecule has 0 fully saturated rings. The number of nitrogens with two attached hydrogens (primary N) is 1. The number of carbonyl (C=O) groups is 1. The highest BCUT2D eigenvalue weighted by Gasteiger charge is 2.26. The number of halogens is 1. The van der Waals surface area contributed by atoms with Gasteiger partial charge in [0.1, 0.15) is 0 Å². The van der Waals surface area contributed by atoms with E-state index in [2.05, 4.69) is 29.4 Å². The fourth-order valence-electron chi connectivity index (χ4n) is 4.09. The SMILES string of the molecule is CCc1ccc(N(C(=O)Nc2c(CC)c(N)cc(Cl)c2CC)C(C)c2ccc(C)nc2)cc1. The molecule has 0 bridgehead atoms. The Morgan fingerprint density at radius 2 is 1.73 bits per heavy atom. The van der Waals surface area contributed by atoms with Gasteiger partial charge in [-0.2, -0.15) is 0 Å². The number of hydrogen-bond donors (Lipinski definition) is 2. The molecule has 3 N–H and O–H groups in total. The van der Waals surface area contributed by atoms with Crippen LogP contribution in [0.2, 0.25) is 5.02 Å². The van der Waals surface area contributed by atoms with Gasteiger partial charge in [0.15, 0.2) is 0 Å². The number of urea groups is 1. The molecule has 5 nitrogen and oxygen atoms in total. The highest BCUT2D eigenvalue weighted by Crippen LogP contribution is 2.35. The highest BCUT2D eigenvalue weighted by molar-refractivity contribution is 6.32. The number of nitrogens with one attached hydrogen (secondary N) is 1. The zero-order valence-electron chi connectivity index (χ0n) is 20.1. The average Bonchev–Trinajstić information content (AvgIpc) is 2.80. The third-order valence-corrected chi connectivity index (χ3v) is 6.44. The Morgan fingerprint density at radius 3 is 2.27 bits per heavy atom. The largest absolute Gasteiger partial charge is 0.398 e. The van der Waals surface area contributed by atoms with Crippen LogP contribution in [-0.4, -0.2) is 11.0 Å². The second kappa shape index (κ2) is 10.7. The molecule has 0 spiro atoms. The van der Waals surface area contributed by atoms with Gasteiger partial charge in [-0.05, 0) is 79.6 Å². The Morgan fingerprint density at radius 1 is 1.06 bits per heavy atom. The average molecular weight is 465 g/mol. The molecule has 2 aromatic carbocycles. The maximum atomic E-state index is 13.8. The third-order valence-electron chi connectivity index (χ3n) is 6.11. The second-order valence-corrected chi connectivity index (χ2v) is 8.62. The van der Waals surface area contributed by atoms with Crippen molar-refractivity contribution in [2.24, 2.45) is 0 Å². The number of nitrogen functional groups attached to an aromatic ring is 1. The van der Waals surface area contributed by atoms with E-state index in [9.17, 15) is 4.79 Å². The first kappa shape index (κ1) is 24.6. The number of pyridine rings is 1. The van der Waals surface area contributed by atoms with Crippen molar-refractivity contribution in [1.29, 1.82) is 0 Å². The lowest BCUT2D eigenvalue weighted by molar-refractivity contribution is 0.255. The Hall–Kier alpha value is -3.05. The van der Waals surface area contributed by atoms with Crippen LogP contribution in [0.5, 0.6) is 0 Å². The lowest BCUT2D eigenvalue weighted by Gasteiger charge is -2.31. The van der Waals surface area contributed by atoms with Crippen molar-refractivity contribution >= 4 is 34.7 Å². The van der Waals surface area contributed by atoms with Gasteiger partial charge in [0, 0.05) is 28.3 Å². The number of carbonyl (C=O) groups excluding carboxylic acids is 1. The number of aryl methyl sites for hydroxylation is 2. The number of nitrogens with zero attached hydrogens (tertiary/aromatic N) is 2. The molecule has 1 unspecified atom stereocenters. The van der Waals surface area contributed by atoms with Crippen molar-refractivity contribution in [3.63, 3.8) is 0 Å². The molecule has 1 aromatic heterocycles. The number of amides is 2. The van der Waals surface area contributed by atoms with Crippen LogP contribution in [0.25, 0.3) is 0 Å². The highest BCUT2D eigenvalue weighted by atomic mass is 35.5. The van der Waals surface area contributed by atoms with Gasteiger partial charge in [0.05, 0.1) is 11.7 Å². The molecule has 174 valence electrons.